The highest BCUT2D eigenvalue weighted by Crippen LogP contribution is 2.61. The summed E-state index contributed by atoms with van der Waals surface area (Å²) in [6, 6.07) is 48.7. The molecule has 0 amide bonds. The molecule has 0 radical (unpaired) electrons. The number of rotatable bonds is 3. The molecule has 0 bridgehead atoms. The van der Waals surface area contributed by atoms with Crippen molar-refractivity contribution >= 4 is 21.8 Å². The lowest BCUT2D eigenvalue weighted by atomic mass is 9.62. The van der Waals surface area contributed by atoms with Crippen LogP contribution in [0.1, 0.15) is 22.3 Å². The Kier molecular flexibility index (Phi) is 6.07. The molecule has 2 aliphatic rings. The minimum absolute atomic E-state index is 0.699. The monoisotopic (exact) mass is 668 g/mol. The topological polar surface area (TPSA) is 62.1 Å². The molecule has 0 aliphatic carbocycles. The van der Waals surface area contributed by atoms with Gasteiger partial charge in [-0.2, -0.15) is 0 Å². The van der Waals surface area contributed by atoms with Crippen LogP contribution in [0.4, 0.5) is 0 Å². The van der Waals surface area contributed by atoms with E-state index in [4.69, 9.17) is 9.47 Å². The second kappa shape index (κ2) is 11.0. The predicted octanol–water partition coefficient (Wildman–Crippen LogP) is 10.9. The summed E-state index contributed by atoms with van der Waals surface area (Å²) in [5.41, 5.74) is 10.7. The van der Waals surface area contributed by atoms with Gasteiger partial charge < -0.3 is 14.0 Å². The normalized spacial score (nSPS) is 15.3. The van der Waals surface area contributed by atoms with Gasteiger partial charge in [-0.3, -0.25) is 15.0 Å². The van der Waals surface area contributed by atoms with Gasteiger partial charge in [0, 0.05) is 81.3 Å². The molecule has 244 valence electrons. The molecule has 11 rings (SSSR count). The molecule has 6 heteroatoms. The van der Waals surface area contributed by atoms with Crippen molar-refractivity contribution in [1.82, 2.24) is 19.5 Å². The number of para-hydroxylation sites is 3. The Morgan fingerprint density at radius 2 is 1.12 bits per heavy atom. The summed E-state index contributed by atoms with van der Waals surface area (Å²) >= 11 is 0. The van der Waals surface area contributed by atoms with Crippen LogP contribution in [0.3, 0.4) is 0 Å². The molecule has 0 saturated heterocycles. The molecule has 1 atom stereocenters. The largest absolute Gasteiger partial charge is 0.457 e. The van der Waals surface area contributed by atoms with Crippen molar-refractivity contribution < 1.29 is 9.47 Å². The van der Waals surface area contributed by atoms with Gasteiger partial charge in [0.1, 0.15) is 23.0 Å². The van der Waals surface area contributed by atoms with E-state index in [1.54, 1.807) is 6.20 Å². The highest BCUT2D eigenvalue weighted by atomic mass is 16.5. The van der Waals surface area contributed by atoms with Crippen molar-refractivity contribution in [2.45, 2.75) is 5.41 Å². The van der Waals surface area contributed by atoms with Gasteiger partial charge in [-0.25, -0.2) is 0 Å². The van der Waals surface area contributed by atoms with E-state index in [1.807, 2.05) is 55.1 Å². The average molecular weight is 669 g/mol. The Morgan fingerprint density at radius 3 is 1.92 bits per heavy atom. The third kappa shape index (κ3) is 4.03. The van der Waals surface area contributed by atoms with Crippen molar-refractivity contribution in [3.63, 3.8) is 0 Å². The highest BCUT2D eigenvalue weighted by Gasteiger charge is 2.50. The Bertz CT molecular complexity index is 2810. The number of benzene rings is 5. The lowest BCUT2D eigenvalue weighted by molar-refractivity contribution is 0.399. The lowest BCUT2D eigenvalue weighted by Crippen LogP contribution is -2.36. The van der Waals surface area contributed by atoms with Crippen molar-refractivity contribution in [3.05, 3.63) is 193 Å². The van der Waals surface area contributed by atoms with Crippen LogP contribution in [0.25, 0.3) is 49.9 Å². The van der Waals surface area contributed by atoms with Crippen LogP contribution in [0, 0.1) is 0 Å². The maximum absolute atomic E-state index is 6.87. The fourth-order valence-electron chi connectivity index (χ4n) is 8.36. The van der Waals surface area contributed by atoms with Gasteiger partial charge in [0.2, 0.25) is 0 Å². The Balaban J connectivity index is 1.14. The summed E-state index contributed by atoms with van der Waals surface area (Å²) < 4.78 is 16.0. The fourth-order valence-corrected chi connectivity index (χ4v) is 8.36. The van der Waals surface area contributed by atoms with Crippen LogP contribution >= 0.6 is 0 Å². The zero-order valence-corrected chi connectivity index (χ0v) is 27.8. The number of fused-ring (bicyclic) bond motifs is 11. The van der Waals surface area contributed by atoms with Gasteiger partial charge in [-0.05, 0) is 71.8 Å². The Labute approximate surface area is 299 Å². The molecule has 52 heavy (non-hydrogen) atoms. The van der Waals surface area contributed by atoms with Crippen LogP contribution in [0.2, 0.25) is 0 Å². The first-order chi connectivity index (χ1) is 25.8. The third-order valence-corrected chi connectivity index (χ3v) is 10.6. The summed E-state index contributed by atoms with van der Waals surface area (Å²) in [4.78, 5) is 13.4. The van der Waals surface area contributed by atoms with Gasteiger partial charge >= 0.3 is 0 Å². The van der Waals surface area contributed by atoms with E-state index in [9.17, 15) is 0 Å². The molecule has 0 N–H and O–H groups in total. The Morgan fingerprint density at radius 1 is 0.442 bits per heavy atom. The van der Waals surface area contributed by atoms with Crippen molar-refractivity contribution in [1.29, 1.82) is 0 Å². The number of hydrogen-bond acceptors (Lipinski definition) is 5. The number of aromatic nitrogens is 4. The van der Waals surface area contributed by atoms with Crippen molar-refractivity contribution in [3.8, 4) is 51.1 Å². The van der Waals surface area contributed by atoms with Gasteiger partial charge in [-0.15, -0.1) is 0 Å². The number of ether oxygens (including phenoxy) is 2. The van der Waals surface area contributed by atoms with E-state index in [2.05, 4.69) is 129 Å². The molecule has 1 spiro atoms. The molecular weight excluding hydrogens is 641 g/mol. The van der Waals surface area contributed by atoms with E-state index in [0.717, 1.165) is 95.1 Å². The average Bonchev–Trinajstić information content (AvgIpc) is 3.55. The maximum Gasteiger partial charge on any atom is 0.134 e. The maximum atomic E-state index is 6.87. The lowest BCUT2D eigenvalue weighted by Gasteiger charge is -2.45. The molecule has 0 fully saturated rings. The molecular formula is C46H28N4O2. The summed E-state index contributed by atoms with van der Waals surface area (Å²) in [5.74, 6) is 3.25. The van der Waals surface area contributed by atoms with Crippen LogP contribution in [0.15, 0.2) is 171 Å². The fraction of sp³-hybridized carbons (Fsp3) is 0.0217. The number of nitrogens with zero attached hydrogens (tertiary/aromatic N) is 4. The van der Waals surface area contributed by atoms with E-state index < -0.39 is 5.41 Å². The van der Waals surface area contributed by atoms with Gasteiger partial charge in [0.25, 0.3) is 0 Å². The zero-order valence-electron chi connectivity index (χ0n) is 27.8. The molecule has 9 aromatic rings. The molecule has 5 aromatic carbocycles. The van der Waals surface area contributed by atoms with E-state index in [0.29, 0.717) is 0 Å². The second-order valence-electron chi connectivity index (χ2n) is 13.3. The highest BCUT2D eigenvalue weighted by molar-refractivity contribution is 6.08. The van der Waals surface area contributed by atoms with E-state index in [-0.39, 0.29) is 0 Å². The van der Waals surface area contributed by atoms with E-state index >= 15 is 0 Å². The first kappa shape index (κ1) is 28.8. The molecule has 4 aromatic heterocycles. The van der Waals surface area contributed by atoms with Crippen molar-refractivity contribution in [2.24, 2.45) is 0 Å². The number of hydrogen-bond donors (Lipinski definition) is 0. The number of pyridine rings is 3. The summed E-state index contributed by atoms with van der Waals surface area (Å²) in [6.45, 7) is 0. The molecule has 1 unspecified atom stereocenters. The zero-order chi connectivity index (χ0) is 34.2. The van der Waals surface area contributed by atoms with Gasteiger partial charge in [0.15, 0.2) is 0 Å². The van der Waals surface area contributed by atoms with Gasteiger partial charge in [-0.1, -0.05) is 72.8 Å². The first-order valence-corrected chi connectivity index (χ1v) is 17.3. The van der Waals surface area contributed by atoms with Crippen molar-refractivity contribution in [2.75, 3.05) is 0 Å². The standard InChI is InChI=1S/C46H28N4O2/c1-4-12-40-33(9-1)34-28-48-22-20-41(34)50(40)32-16-18-38-45(26-32)52-43-14-6-3-11-36(43)46(38)35-10-2-5-13-42(35)51-44-25-29(15-17-37(44)46)30-19-23-49-39(24-30)31-8-7-21-47-27-31/h1-28H. The quantitative estimate of drug-likeness (QED) is 0.187. The molecule has 6 heterocycles. The van der Waals surface area contributed by atoms with Gasteiger partial charge in [0.05, 0.1) is 22.1 Å². The molecule has 6 nitrogen and oxygen atoms in total. The second-order valence-corrected chi connectivity index (χ2v) is 13.3. The summed E-state index contributed by atoms with van der Waals surface area (Å²) in [5, 5.41) is 2.28. The smallest absolute Gasteiger partial charge is 0.134 e. The molecule has 2 aliphatic heterocycles. The first-order valence-electron chi connectivity index (χ1n) is 17.3. The summed E-state index contributed by atoms with van der Waals surface area (Å²) in [6.07, 6.45) is 9.27. The SMILES string of the molecule is c1cncc(-c2cc(-c3ccc4c(c3)Oc3ccccc3C43c4ccccc4Oc4cc(-n5c6ccccc6c6cnccc65)ccc43)ccn2)c1. The minimum Gasteiger partial charge on any atom is -0.457 e. The predicted molar refractivity (Wildman–Crippen MR) is 203 cm³/mol. The van der Waals surface area contributed by atoms with Crippen LogP contribution in [-0.2, 0) is 5.41 Å². The van der Waals surface area contributed by atoms with Crippen LogP contribution < -0.4 is 9.47 Å². The van der Waals surface area contributed by atoms with Crippen LogP contribution in [0.5, 0.6) is 23.0 Å². The summed E-state index contributed by atoms with van der Waals surface area (Å²) in [7, 11) is 0. The minimum atomic E-state index is -0.699. The van der Waals surface area contributed by atoms with Crippen LogP contribution in [-0.4, -0.2) is 19.5 Å². The molecule has 0 saturated carbocycles. The third-order valence-electron chi connectivity index (χ3n) is 10.6. The van der Waals surface area contributed by atoms with E-state index in [1.165, 1.54) is 0 Å². The Hall–Kier alpha value is -7.05.